The topological polar surface area (TPSA) is 31.4 Å². The zero-order valence-corrected chi connectivity index (χ0v) is 13.6. The molecule has 5 heteroatoms. The number of piperazine rings is 1. The van der Waals surface area contributed by atoms with Gasteiger partial charge in [-0.25, -0.2) is 4.98 Å². The van der Waals surface area contributed by atoms with Crippen molar-refractivity contribution < 1.29 is 0 Å². The fraction of sp³-hybridized carbons (Fsp3) is 0.643. The summed E-state index contributed by atoms with van der Waals surface area (Å²) in [6.45, 7) is 9.96. The average Bonchev–Trinajstić information content (AvgIpc) is 2.38. The van der Waals surface area contributed by atoms with E-state index >= 15 is 0 Å². The van der Waals surface area contributed by atoms with Gasteiger partial charge in [0, 0.05) is 49.4 Å². The minimum atomic E-state index is 0.540. The predicted octanol–water partition coefficient (Wildman–Crippen LogP) is 2.20. The smallest absolute Gasteiger partial charge is 0.128 e. The van der Waals surface area contributed by atoms with E-state index < -0.39 is 0 Å². The quantitative estimate of drug-likeness (QED) is 0.919. The van der Waals surface area contributed by atoms with Crippen LogP contribution < -0.4 is 5.32 Å². The number of anilines is 1. The van der Waals surface area contributed by atoms with Crippen molar-refractivity contribution in [1.82, 2.24) is 14.8 Å². The highest BCUT2D eigenvalue weighted by molar-refractivity contribution is 9.10. The lowest BCUT2D eigenvalue weighted by Gasteiger charge is -2.36. The Hall–Kier alpha value is -0.650. The van der Waals surface area contributed by atoms with Crippen molar-refractivity contribution in [2.75, 3.05) is 45.1 Å². The van der Waals surface area contributed by atoms with Crippen molar-refractivity contribution >= 4 is 21.7 Å². The van der Waals surface area contributed by atoms with Crippen LogP contribution in [-0.4, -0.2) is 60.6 Å². The van der Waals surface area contributed by atoms with Crippen molar-refractivity contribution in [2.24, 2.45) is 0 Å². The van der Waals surface area contributed by atoms with Crippen LogP contribution in [0.3, 0.4) is 0 Å². The molecule has 0 saturated carbocycles. The van der Waals surface area contributed by atoms with Gasteiger partial charge in [-0.1, -0.05) is 0 Å². The Kier molecular flexibility index (Phi) is 5.19. The SMILES string of the molecule is Cc1cc(Br)cnc1NCC(C)N1CCN(C)CC1. The van der Waals surface area contributed by atoms with Crippen molar-refractivity contribution in [2.45, 2.75) is 19.9 Å². The molecule has 1 aromatic rings. The van der Waals surface area contributed by atoms with Crippen LogP contribution in [0.1, 0.15) is 12.5 Å². The number of nitrogens with one attached hydrogen (secondary N) is 1. The largest absolute Gasteiger partial charge is 0.368 e. The van der Waals surface area contributed by atoms with Gasteiger partial charge in [-0.3, -0.25) is 4.90 Å². The number of rotatable bonds is 4. The van der Waals surface area contributed by atoms with Crippen LogP contribution in [0, 0.1) is 6.92 Å². The average molecular weight is 327 g/mol. The van der Waals surface area contributed by atoms with Gasteiger partial charge in [-0.05, 0) is 48.5 Å². The van der Waals surface area contributed by atoms with E-state index in [2.05, 4.69) is 63.0 Å². The molecule has 1 saturated heterocycles. The fourth-order valence-electron chi connectivity index (χ4n) is 2.36. The number of aryl methyl sites for hydroxylation is 1. The molecule has 1 aliphatic heterocycles. The second-order valence-corrected chi connectivity index (χ2v) is 6.30. The normalized spacial score (nSPS) is 19.4. The summed E-state index contributed by atoms with van der Waals surface area (Å²) in [4.78, 5) is 9.35. The third-order valence-corrected chi connectivity index (χ3v) is 4.20. The monoisotopic (exact) mass is 326 g/mol. The molecule has 1 unspecified atom stereocenters. The lowest BCUT2D eigenvalue weighted by Crippen LogP contribution is -2.49. The Morgan fingerprint density at radius 2 is 2.05 bits per heavy atom. The molecule has 0 bridgehead atoms. The molecular weight excluding hydrogens is 304 g/mol. The Morgan fingerprint density at radius 3 is 2.68 bits per heavy atom. The Bertz CT molecular complexity index is 416. The molecule has 0 aliphatic carbocycles. The van der Waals surface area contributed by atoms with E-state index in [1.165, 1.54) is 18.7 Å². The van der Waals surface area contributed by atoms with Gasteiger partial charge in [0.15, 0.2) is 0 Å². The summed E-state index contributed by atoms with van der Waals surface area (Å²) in [7, 11) is 2.19. The molecule has 0 radical (unpaired) electrons. The van der Waals surface area contributed by atoms with Crippen LogP contribution in [0.2, 0.25) is 0 Å². The maximum Gasteiger partial charge on any atom is 0.128 e. The van der Waals surface area contributed by atoms with Gasteiger partial charge in [-0.15, -0.1) is 0 Å². The van der Waals surface area contributed by atoms with E-state index in [0.717, 1.165) is 29.9 Å². The van der Waals surface area contributed by atoms with Gasteiger partial charge in [-0.2, -0.15) is 0 Å². The molecule has 2 heterocycles. The molecule has 0 amide bonds. The molecule has 0 spiro atoms. The van der Waals surface area contributed by atoms with Gasteiger partial charge in [0.25, 0.3) is 0 Å². The number of likely N-dealkylation sites (N-methyl/N-ethyl adjacent to an activating group) is 1. The van der Waals surface area contributed by atoms with Crippen LogP contribution in [0.15, 0.2) is 16.7 Å². The summed E-state index contributed by atoms with van der Waals surface area (Å²) in [5.41, 5.74) is 1.18. The second kappa shape index (κ2) is 6.68. The van der Waals surface area contributed by atoms with E-state index in [0.29, 0.717) is 6.04 Å². The summed E-state index contributed by atoms with van der Waals surface area (Å²) in [5, 5.41) is 3.46. The predicted molar refractivity (Wildman–Crippen MR) is 83.7 cm³/mol. The van der Waals surface area contributed by atoms with Crippen LogP contribution in [-0.2, 0) is 0 Å². The van der Waals surface area contributed by atoms with Crippen LogP contribution in [0.25, 0.3) is 0 Å². The molecule has 106 valence electrons. The van der Waals surface area contributed by atoms with E-state index in [1.54, 1.807) is 0 Å². The highest BCUT2D eigenvalue weighted by Gasteiger charge is 2.18. The first-order valence-corrected chi connectivity index (χ1v) is 7.64. The maximum absolute atomic E-state index is 4.42. The molecule has 4 nitrogen and oxygen atoms in total. The van der Waals surface area contributed by atoms with E-state index in [1.807, 2.05) is 6.20 Å². The molecular formula is C14H23BrN4. The van der Waals surface area contributed by atoms with Gasteiger partial charge in [0.2, 0.25) is 0 Å². The summed E-state index contributed by atoms with van der Waals surface area (Å²) in [5.74, 6) is 0.990. The van der Waals surface area contributed by atoms with Crippen molar-refractivity contribution in [1.29, 1.82) is 0 Å². The molecule has 0 aromatic carbocycles. The Labute approximate surface area is 124 Å². The number of hydrogen-bond donors (Lipinski definition) is 1. The molecule has 1 N–H and O–H groups in total. The van der Waals surface area contributed by atoms with Crippen LogP contribution in [0.4, 0.5) is 5.82 Å². The number of pyridine rings is 1. The minimum Gasteiger partial charge on any atom is -0.368 e. The number of hydrogen-bond acceptors (Lipinski definition) is 4. The minimum absolute atomic E-state index is 0.540. The van der Waals surface area contributed by atoms with Crippen molar-refractivity contribution in [3.05, 3.63) is 22.3 Å². The number of aromatic nitrogens is 1. The summed E-state index contributed by atoms with van der Waals surface area (Å²) >= 11 is 3.44. The third-order valence-electron chi connectivity index (χ3n) is 3.77. The van der Waals surface area contributed by atoms with Crippen molar-refractivity contribution in [3.63, 3.8) is 0 Å². The summed E-state index contributed by atoms with van der Waals surface area (Å²) in [6, 6.07) is 2.63. The fourth-order valence-corrected chi connectivity index (χ4v) is 2.81. The van der Waals surface area contributed by atoms with Crippen LogP contribution >= 0.6 is 15.9 Å². The molecule has 2 rings (SSSR count). The highest BCUT2D eigenvalue weighted by atomic mass is 79.9. The maximum atomic E-state index is 4.42. The zero-order chi connectivity index (χ0) is 13.8. The second-order valence-electron chi connectivity index (χ2n) is 5.39. The summed E-state index contributed by atoms with van der Waals surface area (Å²) in [6.07, 6.45) is 1.84. The lowest BCUT2D eigenvalue weighted by molar-refractivity contribution is 0.123. The molecule has 1 fully saturated rings. The first kappa shape index (κ1) is 14.8. The Balaban J connectivity index is 1.84. The van der Waals surface area contributed by atoms with Gasteiger partial charge >= 0.3 is 0 Å². The Morgan fingerprint density at radius 1 is 1.37 bits per heavy atom. The van der Waals surface area contributed by atoms with Crippen molar-refractivity contribution in [3.8, 4) is 0 Å². The molecule has 1 aromatic heterocycles. The van der Waals surface area contributed by atoms with E-state index in [4.69, 9.17) is 0 Å². The third kappa shape index (κ3) is 4.16. The first-order valence-electron chi connectivity index (χ1n) is 6.85. The molecule has 1 aliphatic rings. The van der Waals surface area contributed by atoms with E-state index in [-0.39, 0.29) is 0 Å². The summed E-state index contributed by atoms with van der Waals surface area (Å²) < 4.78 is 1.03. The zero-order valence-electron chi connectivity index (χ0n) is 12.0. The van der Waals surface area contributed by atoms with E-state index in [9.17, 15) is 0 Å². The van der Waals surface area contributed by atoms with Gasteiger partial charge < -0.3 is 10.2 Å². The first-order chi connectivity index (χ1) is 9.06. The molecule has 19 heavy (non-hydrogen) atoms. The standard InChI is InChI=1S/C14H23BrN4/c1-11-8-13(15)10-17-14(11)16-9-12(2)19-6-4-18(3)5-7-19/h8,10,12H,4-7,9H2,1-3H3,(H,16,17). The lowest BCUT2D eigenvalue weighted by atomic mass is 10.2. The van der Waals surface area contributed by atoms with Gasteiger partial charge in [0.05, 0.1) is 0 Å². The number of nitrogens with zero attached hydrogens (tertiary/aromatic N) is 3. The molecule has 1 atom stereocenters. The highest BCUT2D eigenvalue weighted by Crippen LogP contribution is 2.17. The van der Waals surface area contributed by atoms with Gasteiger partial charge in [0.1, 0.15) is 5.82 Å². The number of halogens is 1. The van der Waals surface area contributed by atoms with Crippen LogP contribution in [0.5, 0.6) is 0 Å².